The van der Waals surface area contributed by atoms with Gasteiger partial charge in [-0.25, -0.2) is 0 Å². The molecule has 0 saturated heterocycles. The summed E-state index contributed by atoms with van der Waals surface area (Å²) in [6.45, 7) is 5.25. The zero-order chi connectivity index (χ0) is 17.1. The molecule has 1 heterocycles. The second-order valence-corrected chi connectivity index (χ2v) is 6.23. The van der Waals surface area contributed by atoms with Crippen molar-refractivity contribution in [1.29, 1.82) is 0 Å². The Labute approximate surface area is 142 Å². The summed E-state index contributed by atoms with van der Waals surface area (Å²) < 4.78 is 0. The summed E-state index contributed by atoms with van der Waals surface area (Å²) in [5.41, 5.74) is 4.84. The fourth-order valence-corrected chi connectivity index (χ4v) is 3.06. The van der Waals surface area contributed by atoms with Crippen molar-refractivity contribution >= 4 is 17.5 Å². The molecule has 2 aromatic rings. The molecule has 0 aliphatic carbocycles. The highest BCUT2D eigenvalue weighted by molar-refractivity contribution is 6.04. The Morgan fingerprint density at radius 1 is 1.12 bits per heavy atom. The minimum atomic E-state index is -0.115. The molecular formula is C20H22N2O2. The summed E-state index contributed by atoms with van der Waals surface area (Å²) >= 11 is 0. The Hall–Kier alpha value is -2.62. The molecule has 0 spiro atoms. The Kier molecular flexibility index (Phi) is 4.65. The maximum atomic E-state index is 12.4. The summed E-state index contributed by atoms with van der Waals surface area (Å²) in [4.78, 5) is 26.2. The topological polar surface area (TPSA) is 49.4 Å². The summed E-state index contributed by atoms with van der Waals surface area (Å²) in [6, 6.07) is 13.5. The molecule has 1 N–H and O–H groups in total. The van der Waals surface area contributed by atoms with Gasteiger partial charge in [0.05, 0.1) is 0 Å². The fraction of sp³-hybridized carbons (Fsp3) is 0.300. The normalized spacial score (nSPS) is 13.3. The Bertz CT molecular complexity index is 783. The predicted octanol–water partition coefficient (Wildman–Crippen LogP) is 3.54. The molecule has 1 aliphatic rings. The minimum absolute atomic E-state index is 0.115. The first-order chi connectivity index (χ1) is 11.6. The van der Waals surface area contributed by atoms with Crippen molar-refractivity contribution in [3.05, 3.63) is 64.7 Å². The Morgan fingerprint density at radius 2 is 1.96 bits per heavy atom. The number of aryl methyl sites for hydroxylation is 1. The van der Waals surface area contributed by atoms with Crippen LogP contribution in [-0.4, -0.2) is 23.3 Å². The van der Waals surface area contributed by atoms with E-state index < -0.39 is 0 Å². The summed E-state index contributed by atoms with van der Waals surface area (Å²) in [5.74, 6) is 0.0609. The molecule has 0 saturated carbocycles. The van der Waals surface area contributed by atoms with Crippen LogP contribution in [0.5, 0.6) is 0 Å². The average molecular weight is 322 g/mol. The lowest BCUT2D eigenvalue weighted by Gasteiger charge is -2.29. The third-order valence-electron chi connectivity index (χ3n) is 4.41. The van der Waals surface area contributed by atoms with Crippen molar-refractivity contribution in [3.8, 4) is 0 Å². The van der Waals surface area contributed by atoms with E-state index in [1.165, 1.54) is 5.56 Å². The quantitative estimate of drug-likeness (QED) is 0.939. The Morgan fingerprint density at radius 3 is 2.71 bits per heavy atom. The zero-order valence-electron chi connectivity index (χ0n) is 14.1. The number of anilines is 1. The van der Waals surface area contributed by atoms with E-state index in [1.54, 1.807) is 0 Å². The van der Waals surface area contributed by atoms with Gasteiger partial charge in [0.15, 0.2) is 0 Å². The highest BCUT2D eigenvalue weighted by Gasteiger charge is 2.20. The van der Waals surface area contributed by atoms with Crippen LogP contribution < -0.4 is 5.32 Å². The Balaban J connectivity index is 1.76. The number of hydrogen-bond donors (Lipinski definition) is 1. The van der Waals surface area contributed by atoms with Gasteiger partial charge in [0.25, 0.3) is 5.91 Å². The molecule has 0 aromatic heterocycles. The first-order valence-corrected chi connectivity index (χ1v) is 8.34. The fourth-order valence-electron chi connectivity index (χ4n) is 3.06. The molecule has 0 unspecified atom stereocenters. The van der Waals surface area contributed by atoms with Crippen LogP contribution >= 0.6 is 0 Å². The van der Waals surface area contributed by atoms with Crippen molar-refractivity contribution in [2.75, 3.05) is 11.9 Å². The van der Waals surface area contributed by atoms with E-state index in [-0.39, 0.29) is 11.8 Å². The van der Waals surface area contributed by atoms with Crippen LogP contribution in [0.1, 0.15) is 40.4 Å². The van der Waals surface area contributed by atoms with Gasteiger partial charge < -0.3 is 10.2 Å². The molecular weight excluding hydrogens is 300 g/mol. The maximum absolute atomic E-state index is 12.4. The monoisotopic (exact) mass is 322 g/mol. The number of benzene rings is 2. The van der Waals surface area contributed by atoms with Gasteiger partial charge in [0.1, 0.15) is 0 Å². The first-order valence-electron chi connectivity index (χ1n) is 8.34. The summed E-state index contributed by atoms with van der Waals surface area (Å²) in [5, 5.41) is 2.95. The molecule has 0 fully saturated rings. The van der Waals surface area contributed by atoms with Gasteiger partial charge in [0.2, 0.25) is 5.91 Å². The van der Waals surface area contributed by atoms with E-state index in [0.29, 0.717) is 18.5 Å². The molecule has 2 aromatic carbocycles. The lowest BCUT2D eigenvalue weighted by atomic mass is 9.98. The number of nitrogens with one attached hydrogen (secondary N) is 1. The predicted molar refractivity (Wildman–Crippen MR) is 95.0 cm³/mol. The van der Waals surface area contributed by atoms with Gasteiger partial charge in [-0.15, -0.1) is 0 Å². The molecule has 24 heavy (non-hydrogen) atoms. The molecule has 0 bridgehead atoms. The van der Waals surface area contributed by atoms with Gasteiger partial charge in [-0.3, -0.25) is 9.59 Å². The number of hydrogen-bond acceptors (Lipinski definition) is 2. The van der Waals surface area contributed by atoms with Gasteiger partial charge >= 0.3 is 0 Å². The van der Waals surface area contributed by atoms with Crippen LogP contribution in [0.15, 0.2) is 42.5 Å². The first kappa shape index (κ1) is 16.2. The van der Waals surface area contributed by atoms with Gasteiger partial charge in [0, 0.05) is 30.8 Å². The third-order valence-corrected chi connectivity index (χ3v) is 4.41. The molecule has 124 valence electrons. The van der Waals surface area contributed by atoms with Crippen LogP contribution in [0, 0.1) is 6.92 Å². The van der Waals surface area contributed by atoms with E-state index >= 15 is 0 Å². The van der Waals surface area contributed by atoms with E-state index in [2.05, 4.69) is 11.4 Å². The SMILES string of the molecule is CCC(=O)N1CCc2ccc(NC(=O)c3cccc(C)c3)cc2C1. The second kappa shape index (κ2) is 6.87. The molecule has 4 nitrogen and oxygen atoms in total. The van der Waals surface area contributed by atoms with Crippen molar-refractivity contribution in [2.45, 2.75) is 33.2 Å². The van der Waals surface area contributed by atoms with Crippen LogP contribution in [0.4, 0.5) is 5.69 Å². The second-order valence-electron chi connectivity index (χ2n) is 6.23. The zero-order valence-corrected chi connectivity index (χ0v) is 14.1. The molecule has 1 aliphatic heterocycles. The lowest BCUT2D eigenvalue weighted by Crippen LogP contribution is -2.35. The van der Waals surface area contributed by atoms with Crippen LogP contribution in [0.25, 0.3) is 0 Å². The van der Waals surface area contributed by atoms with E-state index in [9.17, 15) is 9.59 Å². The highest BCUT2D eigenvalue weighted by Crippen LogP contribution is 2.23. The van der Waals surface area contributed by atoms with E-state index in [0.717, 1.165) is 29.8 Å². The van der Waals surface area contributed by atoms with Crippen molar-refractivity contribution in [3.63, 3.8) is 0 Å². The molecule has 0 atom stereocenters. The smallest absolute Gasteiger partial charge is 0.255 e. The van der Waals surface area contributed by atoms with E-state index in [4.69, 9.17) is 0 Å². The molecule has 0 radical (unpaired) electrons. The van der Waals surface area contributed by atoms with Crippen LogP contribution in [0.3, 0.4) is 0 Å². The number of rotatable bonds is 3. The number of carbonyl (C=O) groups excluding carboxylic acids is 2. The average Bonchev–Trinajstić information content (AvgIpc) is 2.60. The van der Waals surface area contributed by atoms with Crippen molar-refractivity contribution in [1.82, 2.24) is 4.90 Å². The lowest BCUT2D eigenvalue weighted by molar-refractivity contribution is -0.131. The van der Waals surface area contributed by atoms with Crippen LogP contribution in [0.2, 0.25) is 0 Å². The number of fused-ring (bicyclic) bond motifs is 1. The third kappa shape index (κ3) is 3.48. The molecule has 2 amide bonds. The van der Waals surface area contributed by atoms with E-state index in [1.807, 2.05) is 55.1 Å². The minimum Gasteiger partial charge on any atom is -0.338 e. The maximum Gasteiger partial charge on any atom is 0.255 e. The summed E-state index contributed by atoms with van der Waals surface area (Å²) in [6.07, 6.45) is 1.40. The van der Waals surface area contributed by atoms with Crippen molar-refractivity contribution in [2.24, 2.45) is 0 Å². The van der Waals surface area contributed by atoms with Gasteiger partial charge in [-0.1, -0.05) is 30.7 Å². The number of amides is 2. The number of carbonyl (C=O) groups is 2. The van der Waals surface area contributed by atoms with Gasteiger partial charge in [-0.05, 0) is 48.7 Å². The largest absolute Gasteiger partial charge is 0.338 e. The molecule has 4 heteroatoms. The number of nitrogens with zero attached hydrogens (tertiary/aromatic N) is 1. The van der Waals surface area contributed by atoms with Gasteiger partial charge in [-0.2, -0.15) is 0 Å². The van der Waals surface area contributed by atoms with Crippen LogP contribution in [-0.2, 0) is 17.8 Å². The summed E-state index contributed by atoms with van der Waals surface area (Å²) in [7, 11) is 0. The molecule has 3 rings (SSSR count). The van der Waals surface area contributed by atoms with Crippen molar-refractivity contribution < 1.29 is 9.59 Å². The standard InChI is InChI=1S/C20H22N2O2/c1-3-19(23)22-10-9-15-7-8-18(12-17(15)13-22)21-20(24)16-6-4-5-14(2)11-16/h4-8,11-12H,3,9-10,13H2,1-2H3,(H,21,24). The highest BCUT2D eigenvalue weighted by atomic mass is 16.2.